The molecule has 14 heavy (non-hydrogen) atoms. The number of amides is 1. The van der Waals surface area contributed by atoms with E-state index in [0.29, 0.717) is 6.42 Å². The molecular formula is C6H7NO4S3. The summed E-state index contributed by atoms with van der Waals surface area (Å²) >= 11 is 5.58. The second-order valence-corrected chi connectivity index (χ2v) is 5.57. The second kappa shape index (κ2) is 3.97. The third-order valence-electron chi connectivity index (χ3n) is 1.50. The van der Waals surface area contributed by atoms with Crippen molar-refractivity contribution in [2.45, 2.75) is 11.7 Å². The molecule has 8 heteroatoms. The van der Waals surface area contributed by atoms with Crippen LogP contribution in [0.15, 0.2) is 12.7 Å². The highest BCUT2D eigenvalue weighted by molar-refractivity contribution is 8.25. The highest BCUT2D eigenvalue weighted by Crippen LogP contribution is 2.31. The molecule has 78 valence electrons. The predicted molar refractivity (Wildman–Crippen MR) is 57.2 cm³/mol. The van der Waals surface area contributed by atoms with E-state index in [2.05, 4.69) is 18.8 Å². The Morgan fingerprint density at radius 3 is 2.64 bits per heavy atom. The fraction of sp³-hybridized carbons (Fsp3) is 0.333. The van der Waals surface area contributed by atoms with Gasteiger partial charge >= 0.3 is 10.3 Å². The summed E-state index contributed by atoms with van der Waals surface area (Å²) in [7, 11) is -4.56. The van der Waals surface area contributed by atoms with E-state index >= 15 is 0 Å². The van der Waals surface area contributed by atoms with Crippen LogP contribution in [0.4, 0.5) is 0 Å². The Bertz CT molecular complexity index is 388. The molecule has 0 spiro atoms. The summed E-state index contributed by atoms with van der Waals surface area (Å²) in [6.07, 6.45) is 1.81. The topological polar surface area (TPSA) is 74.7 Å². The predicted octanol–water partition coefficient (Wildman–Crippen LogP) is 0.594. The number of carbonyl (C=O) groups is 1. The lowest BCUT2D eigenvalue weighted by Gasteiger charge is -2.09. The van der Waals surface area contributed by atoms with E-state index in [0.717, 1.165) is 11.8 Å². The second-order valence-electron chi connectivity index (χ2n) is 2.48. The van der Waals surface area contributed by atoms with Crippen molar-refractivity contribution in [1.82, 2.24) is 4.31 Å². The van der Waals surface area contributed by atoms with Gasteiger partial charge in [0.05, 0.1) is 5.25 Å². The molecule has 1 amide bonds. The first-order valence-corrected chi connectivity index (χ1v) is 6.19. The van der Waals surface area contributed by atoms with Gasteiger partial charge in [-0.05, 0) is 6.42 Å². The minimum atomic E-state index is -4.56. The van der Waals surface area contributed by atoms with Crippen LogP contribution in [0.1, 0.15) is 6.42 Å². The third kappa shape index (κ3) is 2.14. The molecule has 1 N–H and O–H groups in total. The van der Waals surface area contributed by atoms with Crippen LogP contribution in [0, 0.1) is 0 Å². The van der Waals surface area contributed by atoms with Crippen LogP contribution in [0.3, 0.4) is 0 Å². The molecule has 0 aromatic carbocycles. The van der Waals surface area contributed by atoms with Crippen molar-refractivity contribution in [1.29, 1.82) is 0 Å². The SMILES string of the molecule is C=CCC1SC(=S)N(S(=O)(=O)O)C1=O. The lowest BCUT2D eigenvalue weighted by atomic mass is 10.3. The number of allylic oxidation sites excluding steroid dienone is 1. The van der Waals surface area contributed by atoms with Gasteiger partial charge < -0.3 is 0 Å². The van der Waals surface area contributed by atoms with E-state index in [-0.39, 0.29) is 8.63 Å². The summed E-state index contributed by atoms with van der Waals surface area (Å²) in [5.74, 6) is -0.720. The van der Waals surface area contributed by atoms with Gasteiger partial charge in [-0.2, -0.15) is 12.7 Å². The molecule has 1 heterocycles. The summed E-state index contributed by atoms with van der Waals surface area (Å²) in [5.41, 5.74) is 0. The van der Waals surface area contributed by atoms with E-state index in [1.165, 1.54) is 6.08 Å². The Morgan fingerprint density at radius 1 is 1.71 bits per heavy atom. The molecule has 1 fully saturated rings. The number of rotatable bonds is 3. The molecule has 1 rings (SSSR count). The smallest absolute Gasteiger partial charge is 0.272 e. The first-order valence-electron chi connectivity index (χ1n) is 3.51. The first kappa shape index (κ1) is 11.6. The van der Waals surface area contributed by atoms with Gasteiger partial charge in [0.2, 0.25) is 0 Å². The average Bonchev–Trinajstić information content (AvgIpc) is 2.26. The number of thioether (sulfide) groups is 1. The molecule has 1 atom stereocenters. The fourth-order valence-electron chi connectivity index (χ4n) is 0.949. The number of hydrogen-bond acceptors (Lipinski definition) is 5. The van der Waals surface area contributed by atoms with Gasteiger partial charge in [0.15, 0.2) is 4.32 Å². The lowest BCUT2D eigenvalue weighted by Crippen LogP contribution is -2.36. The fourth-order valence-corrected chi connectivity index (χ4v) is 3.56. The van der Waals surface area contributed by atoms with Crippen molar-refractivity contribution < 1.29 is 17.8 Å². The monoisotopic (exact) mass is 253 g/mol. The van der Waals surface area contributed by atoms with Crippen molar-refractivity contribution in [3.8, 4) is 0 Å². The molecule has 1 saturated heterocycles. The maximum Gasteiger partial charge on any atom is 0.367 e. The Kier molecular flexibility index (Phi) is 3.30. The Morgan fingerprint density at radius 2 is 2.29 bits per heavy atom. The molecule has 0 aromatic rings. The van der Waals surface area contributed by atoms with Gasteiger partial charge in [-0.25, -0.2) is 0 Å². The molecular weight excluding hydrogens is 246 g/mol. The van der Waals surface area contributed by atoms with Crippen molar-refractivity contribution in [3.05, 3.63) is 12.7 Å². The molecule has 0 saturated carbocycles. The molecule has 1 unspecified atom stereocenters. The van der Waals surface area contributed by atoms with Gasteiger partial charge in [-0.15, -0.1) is 6.58 Å². The van der Waals surface area contributed by atoms with Crippen LogP contribution < -0.4 is 0 Å². The molecule has 0 aliphatic carbocycles. The minimum absolute atomic E-state index is 0.149. The maximum atomic E-state index is 11.4. The van der Waals surface area contributed by atoms with Gasteiger partial charge in [0, 0.05) is 0 Å². The summed E-state index contributed by atoms with van der Waals surface area (Å²) < 4.78 is 30.3. The van der Waals surface area contributed by atoms with Crippen LogP contribution in [0.5, 0.6) is 0 Å². The first-order chi connectivity index (χ1) is 6.38. The zero-order valence-corrected chi connectivity index (χ0v) is 9.36. The average molecular weight is 253 g/mol. The molecule has 0 aromatic heterocycles. The van der Waals surface area contributed by atoms with Crippen LogP contribution in [0.2, 0.25) is 0 Å². The highest BCUT2D eigenvalue weighted by atomic mass is 32.2. The Labute approximate surface area is 91.0 Å². The minimum Gasteiger partial charge on any atom is -0.272 e. The van der Waals surface area contributed by atoms with Crippen LogP contribution in [0.25, 0.3) is 0 Å². The van der Waals surface area contributed by atoms with Gasteiger partial charge in [0.25, 0.3) is 5.91 Å². The molecule has 1 aliphatic heterocycles. The Balaban J connectivity index is 2.97. The quantitative estimate of drug-likeness (QED) is 0.451. The lowest BCUT2D eigenvalue weighted by molar-refractivity contribution is -0.122. The van der Waals surface area contributed by atoms with Crippen molar-refractivity contribution in [3.63, 3.8) is 0 Å². The summed E-state index contributed by atoms with van der Waals surface area (Å²) in [6.45, 7) is 3.43. The van der Waals surface area contributed by atoms with E-state index in [1.54, 1.807) is 0 Å². The van der Waals surface area contributed by atoms with Crippen LogP contribution >= 0.6 is 24.0 Å². The summed E-state index contributed by atoms with van der Waals surface area (Å²) in [4.78, 5) is 11.4. The molecule has 5 nitrogen and oxygen atoms in total. The zero-order chi connectivity index (χ0) is 10.9. The van der Waals surface area contributed by atoms with Gasteiger partial charge in [-0.1, -0.05) is 30.1 Å². The van der Waals surface area contributed by atoms with E-state index in [9.17, 15) is 13.2 Å². The number of nitrogens with zero attached hydrogens (tertiary/aromatic N) is 1. The van der Waals surface area contributed by atoms with E-state index in [1.807, 2.05) is 0 Å². The van der Waals surface area contributed by atoms with E-state index < -0.39 is 21.5 Å². The molecule has 0 radical (unpaired) electrons. The van der Waals surface area contributed by atoms with Crippen LogP contribution in [-0.4, -0.2) is 32.8 Å². The third-order valence-corrected chi connectivity index (χ3v) is 4.09. The zero-order valence-electron chi connectivity index (χ0n) is 6.91. The largest absolute Gasteiger partial charge is 0.367 e. The Hall–Kier alpha value is -0.440. The van der Waals surface area contributed by atoms with Crippen molar-refractivity contribution >= 4 is 44.5 Å². The van der Waals surface area contributed by atoms with Gasteiger partial charge in [0.1, 0.15) is 0 Å². The molecule has 1 aliphatic rings. The normalized spacial score (nSPS) is 22.9. The van der Waals surface area contributed by atoms with Gasteiger partial charge in [-0.3, -0.25) is 9.35 Å². The number of thiocarbonyl (C=S) groups is 1. The summed E-state index contributed by atoms with van der Waals surface area (Å²) in [5, 5.41) is -0.595. The van der Waals surface area contributed by atoms with Crippen LogP contribution in [-0.2, 0) is 15.1 Å². The molecule has 0 bridgehead atoms. The highest BCUT2D eigenvalue weighted by Gasteiger charge is 2.42. The summed E-state index contributed by atoms with van der Waals surface area (Å²) in [6, 6.07) is 0. The number of carbonyl (C=O) groups excluding carboxylic acids is 1. The standard InChI is InChI=1S/C6H7NO4S3/c1-2-3-4-5(8)7(6(12)13-4)14(9,10)11/h2,4H,1,3H2,(H,9,10,11). The van der Waals surface area contributed by atoms with E-state index in [4.69, 9.17) is 4.55 Å². The maximum absolute atomic E-state index is 11.4. The van der Waals surface area contributed by atoms with Crippen molar-refractivity contribution in [2.75, 3.05) is 0 Å². The number of hydrogen-bond donors (Lipinski definition) is 1. The van der Waals surface area contributed by atoms with Crippen molar-refractivity contribution in [2.24, 2.45) is 0 Å².